The first kappa shape index (κ1) is 18.8. The molecule has 4 aromatic rings. The molecule has 0 atom stereocenters. The van der Waals surface area contributed by atoms with Gasteiger partial charge < -0.3 is 5.32 Å². The maximum Gasteiger partial charge on any atom is 0.270 e. The molecule has 1 N–H and O–H groups in total. The van der Waals surface area contributed by atoms with Gasteiger partial charge in [-0.1, -0.05) is 36.4 Å². The van der Waals surface area contributed by atoms with E-state index < -0.39 is 4.92 Å². The standard InChI is InChI=1S/C23H15N5O2/c24-15-20-19(16-7-6-10-18(13-16)28(29)30)14-22(21-11-4-5-12-25-21)27-23(20)26-17-8-2-1-3-9-17/h1-14H,(H,26,27). The van der Waals surface area contributed by atoms with E-state index in [1.165, 1.54) is 12.1 Å². The number of hydrogen-bond donors (Lipinski definition) is 1. The SMILES string of the molecule is N#Cc1c(-c2cccc([N+](=O)[O-])c2)cc(-c2ccccn2)nc1Nc1ccccc1. The molecule has 0 aliphatic rings. The molecule has 7 nitrogen and oxygen atoms in total. The third kappa shape index (κ3) is 3.84. The molecule has 144 valence electrons. The molecule has 30 heavy (non-hydrogen) atoms. The lowest BCUT2D eigenvalue weighted by molar-refractivity contribution is -0.384. The number of nitrogens with one attached hydrogen (secondary N) is 1. The second kappa shape index (κ2) is 8.20. The highest BCUT2D eigenvalue weighted by Gasteiger charge is 2.18. The van der Waals surface area contributed by atoms with Crippen LogP contribution in [-0.2, 0) is 0 Å². The van der Waals surface area contributed by atoms with Crippen LogP contribution in [0.25, 0.3) is 22.5 Å². The van der Waals surface area contributed by atoms with E-state index in [2.05, 4.69) is 21.4 Å². The van der Waals surface area contributed by atoms with Gasteiger partial charge in [-0.15, -0.1) is 0 Å². The molecular formula is C23H15N5O2. The van der Waals surface area contributed by atoms with E-state index in [1.807, 2.05) is 42.5 Å². The van der Waals surface area contributed by atoms with Crippen LogP contribution >= 0.6 is 0 Å². The van der Waals surface area contributed by atoms with Gasteiger partial charge in [0, 0.05) is 29.6 Å². The van der Waals surface area contributed by atoms with E-state index in [4.69, 9.17) is 0 Å². The number of pyridine rings is 2. The average Bonchev–Trinajstić information content (AvgIpc) is 2.80. The molecule has 2 aromatic carbocycles. The molecule has 0 amide bonds. The number of hydrogen-bond acceptors (Lipinski definition) is 6. The summed E-state index contributed by atoms with van der Waals surface area (Å²) in [5, 5.41) is 24.3. The zero-order valence-electron chi connectivity index (χ0n) is 15.7. The van der Waals surface area contributed by atoms with Crippen molar-refractivity contribution in [3.05, 3.63) is 101 Å². The second-order valence-electron chi connectivity index (χ2n) is 6.40. The Hall–Kier alpha value is -4.57. The van der Waals surface area contributed by atoms with E-state index in [1.54, 1.807) is 30.5 Å². The monoisotopic (exact) mass is 393 g/mol. The number of rotatable bonds is 5. The summed E-state index contributed by atoms with van der Waals surface area (Å²) in [6, 6.07) is 25.0. The summed E-state index contributed by atoms with van der Waals surface area (Å²) >= 11 is 0. The van der Waals surface area contributed by atoms with Crippen LogP contribution in [0.15, 0.2) is 85.1 Å². The zero-order chi connectivity index (χ0) is 20.9. The van der Waals surface area contributed by atoms with Crippen LogP contribution in [0, 0.1) is 21.4 Å². The smallest absolute Gasteiger partial charge is 0.270 e. The first-order valence-corrected chi connectivity index (χ1v) is 9.09. The molecule has 0 saturated heterocycles. The molecule has 0 unspecified atom stereocenters. The Morgan fingerprint density at radius 1 is 0.933 bits per heavy atom. The van der Waals surface area contributed by atoms with Gasteiger partial charge in [0.05, 0.1) is 16.3 Å². The molecule has 0 spiro atoms. The first-order valence-electron chi connectivity index (χ1n) is 9.09. The van der Waals surface area contributed by atoms with Crippen molar-refractivity contribution in [1.29, 1.82) is 5.26 Å². The van der Waals surface area contributed by atoms with Gasteiger partial charge in [0.15, 0.2) is 0 Å². The number of para-hydroxylation sites is 1. The Morgan fingerprint density at radius 3 is 2.43 bits per heavy atom. The van der Waals surface area contributed by atoms with E-state index in [0.717, 1.165) is 5.69 Å². The van der Waals surface area contributed by atoms with Crippen molar-refractivity contribution in [2.45, 2.75) is 0 Å². The van der Waals surface area contributed by atoms with Gasteiger partial charge in [0.25, 0.3) is 5.69 Å². The van der Waals surface area contributed by atoms with E-state index in [-0.39, 0.29) is 5.69 Å². The number of nitrogens with zero attached hydrogens (tertiary/aromatic N) is 4. The van der Waals surface area contributed by atoms with Crippen molar-refractivity contribution >= 4 is 17.2 Å². The molecule has 0 saturated carbocycles. The lowest BCUT2D eigenvalue weighted by Crippen LogP contribution is -2.02. The molecule has 0 aliphatic carbocycles. The number of nitro benzene ring substituents is 1. The number of nitro groups is 1. The zero-order valence-corrected chi connectivity index (χ0v) is 15.7. The Kier molecular flexibility index (Phi) is 5.14. The highest BCUT2D eigenvalue weighted by atomic mass is 16.6. The fraction of sp³-hybridized carbons (Fsp3) is 0. The molecule has 2 aromatic heterocycles. The van der Waals surface area contributed by atoms with Crippen molar-refractivity contribution < 1.29 is 4.92 Å². The van der Waals surface area contributed by atoms with Crippen molar-refractivity contribution in [2.24, 2.45) is 0 Å². The minimum atomic E-state index is -0.459. The fourth-order valence-electron chi connectivity index (χ4n) is 3.07. The van der Waals surface area contributed by atoms with Gasteiger partial charge in [-0.25, -0.2) is 4.98 Å². The minimum absolute atomic E-state index is 0.0508. The maximum atomic E-state index is 11.2. The van der Waals surface area contributed by atoms with Gasteiger partial charge >= 0.3 is 0 Å². The summed E-state index contributed by atoms with van der Waals surface area (Å²) in [7, 11) is 0. The number of non-ortho nitro benzene ring substituents is 1. The van der Waals surface area contributed by atoms with Crippen LogP contribution in [0.1, 0.15) is 5.56 Å². The molecule has 0 radical (unpaired) electrons. The van der Waals surface area contributed by atoms with Crippen LogP contribution in [0.2, 0.25) is 0 Å². The molecule has 2 heterocycles. The van der Waals surface area contributed by atoms with Crippen molar-refractivity contribution in [3.8, 4) is 28.6 Å². The Balaban J connectivity index is 1.94. The predicted octanol–water partition coefficient (Wildman–Crippen LogP) is 5.33. The van der Waals surface area contributed by atoms with Crippen LogP contribution < -0.4 is 5.32 Å². The van der Waals surface area contributed by atoms with Crippen molar-refractivity contribution in [2.75, 3.05) is 5.32 Å². The number of nitriles is 1. The largest absolute Gasteiger partial charge is 0.339 e. The lowest BCUT2D eigenvalue weighted by Gasteiger charge is -2.14. The van der Waals surface area contributed by atoms with Crippen LogP contribution in [0.3, 0.4) is 0 Å². The third-order valence-electron chi connectivity index (χ3n) is 4.46. The van der Waals surface area contributed by atoms with Crippen molar-refractivity contribution in [3.63, 3.8) is 0 Å². The molecular weight excluding hydrogens is 378 g/mol. The summed E-state index contributed by atoms with van der Waals surface area (Å²) < 4.78 is 0. The summed E-state index contributed by atoms with van der Waals surface area (Å²) in [5.74, 6) is 0.355. The molecule has 0 aliphatic heterocycles. The molecule has 4 rings (SSSR count). The number of anilines is 2. The summed E-state index contributed by atoms with van der Waals surface area (Å²) in [5.41, 5.74) is 3.28. The van der Waals surface area contributed by atoms with Gasteiger partial charge in [-0.3, -0.25) is 15.1 Å². The van der Waals surface area contributed by atoms with Gasteiger partial charge in [0.2, 0.25) is 0 Å². The van der Waals surface area contributed by atoms with Gasteiger partial charge in [-0.2, -0.15) is 5.26 Å². The topological polar surface area (TPSA) is 105 Å². The minimum Gasteiger partial charge on any atom is -0.339 e. The average molecular weight is 393 g/mol. The lowest BCUT2D eigenvalue weighted by atomic mass is 9.99. The highest BCUT2D eigenvalue weighted by Crippen LogP contribution is 2.34. The van der Waals surface area contributed by atoms with E-state index >= 15 is 0 Å². The molecule has 0 bridgehead atoms. The van der Waals surface area contributed by atoms with Crippen LogP contribution in [0.5, 0.6) is 0 Å². The van der Waals surface area contributed by atoms with Crippen LogP contribution in [-0.4, -0.2) is 14.9 Å². The maximum absolute atomic E-state index is 11.2. The van der Waals surface area contributed by atoms with Crippen molar-refractivity contribution in [1.82, 2.24) is 9.97 Å². The third-order valence-corrected chi connectivity index (χ3v) is 4.46. The Morgan fingerprint density at radius 2 is 1.73 bits per heavy atom. The summed E-state index contributed by atoms with van der Waals surface area (Å²) in [4.78, 5) is 19.8. The Labute approximate surface area is 172 Å². The van der Waals surface area contributed by atoms with E-state index in [0.29, 0.717) is 33.9 Å². The quantitative estimate of drug-likeness (QED) is 0.363. The van der Waals surface area contributed by atoms with Gasteiger partial charge in [-0.05, 0) is 35.9 Å². The summed E-state index contributed by atoms with van der Waals surface area (Å²) in [6.07, 6.45) is 1.66. The number of aromatic nitrogens is 2. The molecule has 7 heteroatoms. The first-order chi connectivity index (χ1) is 14.7. The Bertz CT molecular complexity index is 1250. The summed E-state index contributed by atoms with van der Waals surface area (Å²) in [6.45, 7) is 0. The van der Waals surface area contributed by atoms with E-state index in [9.17, 15) is 15.4 Å². The van der Waals surface area contributed by atoms with Crippen LogP contribution in [0.4, 0.5) is 17.2 Å². The predicted molar refractivity (Wildman–Crippen MR) is 114 cm³/mol. The fourth-order valence-corrected chi connectivity index (χ4v) is 3.07. The molecule has 0 fully saturated rings. The van der Waals surface area contributed by atoms with Gasteiger partial charge in [0.1, 0.15) is 17.5 Å². The normalized spacial score (nSPS) is 10.2. The highest BCUT2D eigenvalue weighted by molar-refractivity contribution is 5.82. The number of benzene rings is 2. The second-order valence-corrected chi connectivity index (χ2v) is 6.40.